The third-order valence-corrected chi connectivity index (χ3v) is 1.34. The molecule has 1 unspecified atom stereocenters. The fraction of sp³-hybridized carbons (Fsp3) is 0.429. The molecular formula is C7H16N4O. The molecule has 0 aromatic rings. The summed E-state index contributed by atoms with van der Waals surface area (Å²) in [5.41, 5.74) is 10.9. The predicted molar refractivity (Wildman–Crippen MR) is 48.2 cm³/mol. The summed E-state index contributed by atoms with van der Waals surface area (Å²) in [6.07, 6.45) is 1.37. The summed E-state index contributed by atoms with van der Waals surface area (Å²) >= 11 is 0. The number of hydrogen-bond acceptors (Lipinski definition) is 4. The van der Waals surface area contributed by atoms with E-state index in [4.69, 9.17) is 11.5 Å². The van der Waals surface area contributed by atoms with Crippen molar-refractivity contribution in [3.05, 3.63) is 29.6 Å². The van der Waals surface area contributed by atoms with Crippen LogP contribution in [0, 0.1) is 5.21 Å². The van der Waals surface area contributed by atoms with Gasteiger partial charge in [-0.15, -0.1) is 0 Å². The Kier molecular flexibility index (Phi) is 4.17. The molecule has 0 rings (SSSR count). The predicted octanol–water partition coefficient (Wildman–Crippen LogP) is -1.45. The van der Waals surface area contributed by atoms with Gasteiger partial charge in [0.1, 0.15) is 0 Å². The lowest BCUT2D eigenvalue weighted by molar-refractivity contribution is -0.832. The summed E-state index contributed by atoms with van der Waals surface area (Å²) in [6.45, 7) is 6.92. The molecule has 0 radical (unpaired) electrons. The van der Waals surface area contributed by atoms with Crippen LogP contribution in [0.3, 0.4) is 0 Å². The van der Waals surface area contributed by atoms with E-state index in [2.05, 4.69) is 11.9 Å². The fourth-order valence-electron chi connectivity index (χ4n) is 0.631. The standard InChI is InChI=1S/C7H16N4O/c1-4-10-6(8)7(9)11(12)5(2)3/h4-5,10-11H,1,8-9H2,2-3H3/b7-6+. The van der Waals surface area contributed by atoms with Crippen molar-refractivity contribution in [2.75, 3.05) is 0 Å². The molecular weight excluding hydrogens is 156 g/mol. The Morgan fingerprint density at radius 2 is 2.08 bits per heavy atom. The van der Waals surface area contributed by atoms with Gasteiger partial charge in [-0.3, -0.25) is 0 Å². The van der Waals surface area contributed by atoms with Gasteiger partial charge in [-0.25, -0.2) is 0 Å². The van der Waals surface area contributed by atoms with Crippen LogP contribution >= 0.6 is 0 Å². The van der Waals surface area contributed by atoms with Crippen molar-refractivity contribution in [2.45, 2.75) is 19.9 Å². The lowest BCUT2D eigenvalue weighted by Gasteiger charge is -2.26. The zero-order chi connectivity index (χ0) is 9.72. The van der Waals surface area contributed by atoms with Gasteiger partial charge in [-0.1, -0.05) is 6.58 Å². The van der Waals surface area contributed by atoms with Crippen LogP contribution in [0.1, 0.15) is 13.8 Å². The lowest BCUT2D eigenvalue weighted by atomic mass is 10.4. The van der Waals surface area contributed by atoms with Gasteiger partial charge in [-0.05, 0) is 20.0 Å². The minimum absolute atomic E-state index is 0.0601. The zero-order valence-electron chi connectivity index (χ0n) is 7.42. The Balaban J connectivity index is 4.41. The first kappa shape index (κ1) is 10.8. The molecule has 0 heterocycles. The van der Waals surface area contributed by atoms with Crippen molar-refractivity contribution < 1.29 is 5.06 Å². The Morgan fingerprint density at radius 1 is 1.58 bits per heavy atom. The van der Waals surface area contributed by atoms with Gasteiger partial charge in [0.05, 0.1) is 6.04 Å². The molecule has 0 bridgehead atoms. The van der Waals surface area contributed by atoms with Crippen molar-refractivity contribution in [1.29, 1.82) is 0 Å². The number of rotatable bonds is 4. The summed E-state index contributed by atoms with van der Waals surface area (Å²) in [6, 6.07) is -0.143. The summed E-state index contributed by atoms with van der Waals surface area (Å²) in [7, 11) is 0. The molecule has 12 heavy (non-hydrogen) atoms. The first-order valence-corrected chi connectivity index (χ1v) is 3.67. The number of hydroxylamine groups is 2. The summed E-state index contributed by atoms with van der Waals surface area (Å²) in [4.78, 5) is 0. The molecule has 0 fully saturated rings. The Morgan fingerprint density at radius 3 is 2.42 bits per heavy atom. The van der Waals surface area contributed by atoms with E-state index < -0.39 is 0 Å². The van der Waals surface area contributed by atoms with Crippen molar-refractivity contribution in [3.63, 3.8) is 0 Å². The largest absolute Gasteiger partial charge is 0.627 e. The SMILES string of the molecule is C=CN/C(N)=C(\N)[NH+]([O-])C(C)C. The maximum Gasteiger partial charge on any atom is 0.238 e. The van der Waals surface area contributed by atoms with E-state index in [1.807, 2.05) is 0 Å². The summed E-state index contributed by atoms with van der Waals surface area (Å²) in [5.74, 6) is 0.216. The number of quaternary nitrogens is 1. The highest BCUT2D eigenvalue weighted by molar-refractivity contribution is 4.99. The van der Waals surface area contributed by atoms with E-state index in [9.17, 15) is 5.21 Å². The first-order valence-electron chi connectivity index (χ1n) is 3.67. The third-order valence-electron chi connectivity index (χ3n) is 1.34. The minimum Gasteiger partial charge on any atom is -0.627 e. The molecule has 0 amide bonds. The molecule has 0 aromatic carbocycles. The van der Waals surface area contributed by atoms with Crippen LogP contribution in [0.4, 0.5) is 0 Å². The Labute approximate surface area is 72.3 Å². The van der Waals surface area contributed by atoms with E-state index >= 15 is 0 Å². The molecule has 1 atom stereocenters. The van der Waals surface area contributed by atoms with Crippen LogP contribution in [-0.2, 0) is 0 Å². The van der Waals surface area contributed by atoms with Gasteiger partial charge in [-0.2, -0.15) is 0 Å². The highest BCUT2D eigenvalue weighted by Crippen LogP contribution is 1.79. The zero-order valence-corrected chi connectivity index (χ0v) is 7.42. The molecule has 70 valence electrons. The maximum atomic E-state index is 11.2. The van der Waals surface area contributed by atoms with E-state index in [0.717, 1.165) is 0 Å². The van der Waals surface area contributed by atoms with Gasteiger partial charge in [0.25, 0.3) is 0 Å². The van der Waals surface area contributed by atoms with Crippen LogP contribution in [0.2, 0.25) is 0 Å². The van der Waals surface area contributed by atoms with Crippen LogP contribution in [0.25, 0.3) is 0 Å². The molecule has 0 aromatic heterocycles. The summed E-state index contributed by atoms with van der Waals surface area (Å²) < 4.78 is 0. The molecule has 0 aliphatic rings. The van der Waals surface area contributed by atoms with Gasteiger partial charge in [0.2, 0.25) is 5.82 Å². The van der Waals surface area contributed by atoms with E-state index in [1.54, 1.807) is 13.8 Å². The molecule has 0 aliphatic carbocycles. The minimum atomic E-state index is -0.165. The van der Waals surface area contributed by atoms with E-state index in [-0.39, 0.29) is 22.7 Å². The topological polar surface area (TPSA) is 91.6 Å². The van der Waals surface area contributed by atoms with E-state index in [0.29, 0.717) is 0 Å². The van der Waals surface area contributed by atoms with Gasteiger partial charge >= 0.3 is 0 Å². The molecule has 0 saturated carbocycles. The number of hydrogen-bond donors (Lipinski definition) is 4. The van der Waals surface area contributed by atoms with Crippen molar-refractivity contribution in [2.24, 2.45) is 11.5 Å². The van der Waals surface area contributed by atoms with Gasteiger partial charge in [0.15, 0.2) is 5.82 Å². The fourth-order valence-corrected chi connectivity index (χ4v) is 0.631. The smallest absolute Gasteiger partial charge is 0.238 e. The highest BCUT2D eigenvalue weighted by Gasteiger charge is 2.09. The average Bonchev–Trinajstić information content (AvgIpc) is 2.02. The monoisotopic (exact) mass is 172 g/mol. The van der Waals surface area contributed by atoms with Crippen LogP contribution in [0.15, 0.2) is 24.4 Å². The van der Waals surface area contributed by atoms with Crippen molar-refractivity contribution >= 4 is 0 Å². The van der Waals surface area contributed by atoms with Crippen LogP contribution in [-0.4, -0.2) is 6.04 Å². The Hall–Kier alpha value is -1.20. The second-order valence-electron chi connectivity index (χ2n) is 2.69. The summed E-state index contributed by atoms with van der Waals surface area (Å²) in [5, 5.41) is 13.6. The van der Waals surface area contributed by atoms with Gasteiger partial charge in [0, 0.05) is 0 Å². The molecule has 5 nitrogen and oxygen atoms in total. The third kappa shape index (κ3) is 2.81. The molecule has 6 N–H and O–H groups in total. The molecule has 5 heteroatoms. The lowest BCUT2D eigenvalue weighted by Crippen LogP contribution is -3.10. The average molecular weight is 172 g/mol. The Bertz CT molecular complexity index is 188. The maximum absolute atomic E-state index is 11.2. The normalized spacial score (nSPS) is 15.3. The van der Waals surface area contributed by atoms with Crippen molar-refractivity contribution in [3.8, 4) is 0 Å². The van der Waals surface area contributed by atoms with Crippen LogP contribution < -0.4 is 21.8 Å². The van der Waals surface area contributed by atoms with Gasteiger partial charge < -0.3 is 27.1 Å². The molecule has 0 spiro atoms. The molecule has 0 aliphatic heterocycles. The quantitative estimate of drug-likeness (QED) is 0.391. The highest BCUT2D eigenvalue weighted by atomic mass is 16.5. The molecule has 0 saturated heterocycles. The van der Waals surface area contributed by atoms with Crippen molar-refractivity contribution in [1.82, 2.24) is 5.32 Å². The second kappa shape index (κ2) is 4.63. The second-order valence-corrected chi connectivity index (χ2v) is 2.69. The number of nitrogens with one attached hydrogen (secondary N) is 2. The number of nitrogens with two attached hydrogens (primary N) is 2. The van der Waals surface area contributed by atoms with E-state index in [1.165, 1.54) is 6.20 Å². The van der Waals surface area contributed by atoms with Crippen LogP contribution in [0.5, 0.6) is 0 Å². The first-order chi connectivity index (χ1) is 5.50.